The fraction of sp³-hybridized carbons (Fsp3) is 0.250. The number of hydrogen-bond acceptors (Lipinski definition) is 3. The van der Waals surface area contributed by atoms with Gasteiger partial charge in [0.25, 0.3) is 0 Å². The molecule has 0 aromatic heterocycles. The van der Waals surface area contributed by atoms with Crippen LogP contribution in [0.3, 0.4) is 0 Å². The van der Waals surface area contributed by atoms with Gasteiger partial charge in [-0.25, -0.2) is 0 Å². The molecule has 0 bridgehead atoms. The third-order valence-corrected chi connectivity index (χ3v) is 2.45. The largest absolute Gasteiger partial charge is 0.481 e. The van der Waals surface area contributed by atoms with Gasteiger partial charge in [-0.1, -0.05) is 18.2 Å². The van der Waals surface area contributed by atoms with Gasteiger partial charge in [0.1, 0.15) is 5.75 Å². The van der Waals surface area contributed by atoms with Gasteiger partial charge in [-0.2, -0.15) is 0 Å². The van der Waals surface area contributed by atoms with E-state index in [4.69, 9.17) is 9.63 Å². The van der Waals surface area contributed by atoms with Crippen LogP contribution >= 0.6 is 7.60 Å². The summed E-state index contributed by atoms with van der Waals surface area (Å²) in [6.45, 7) is 0. The first kappa shape index (κ1) is 10.3. The summed E-state index contributed by atoms with van der Waals surface area (Å²) in [6, 6.07) is 8.81. The van der Waals surface area contributed by atoms with Crippen molar-refractivity contribution in [3.05, 3.63) is 30.3 Å². The van der Waals surface area contributed by atoms with E-state index in [1.54, 1.807) is 24.3 Å². The monoisotopic (exact) mass is 202 g/mol. The lowest BCUT2D eigenvalue weighted by Crippen LogP contribution is -1.99. The Kier molecular flexibility index (Phi) is 3.48. The Morgan fingerprint density at radius 3 is 2.54 bits per heavy atom. The third kappa shape index (κ3) is 3.59. The molecule has 0 spiro atoms. The van der Waals surface area contributed by atoms with Crippen molar-refractivity contribution in [1.29, 1.82) is 0 Å². The summed E-state index contributed by atoms with van der Waals surface area (Å²) in [5.74, 6) is 0.550. The van der Waals surface area contributed by atoms with E-state index >= 15 is 0 Å². The van der Waals surface area contributed by atoms with Crippen LogP contribution in [0.4, 0.5) is 0 Å². The van der Waals surface area contributed by atoms with E-state index in [0.717, 1.165) is 0 Å². The Labute approximate surface area is 76.6 Å². The van der Waals surface area contributed by atoms with Crippen molar-refractivity contribution in [1.82, 2.24) is 0 Å². The van der Waals surface area contributed by atoms with Crippen molar-refractivity contribution < 1.29 is 18.7 Å². The molecule has 0 fully saturated rings. The van der Waals surface area contributed by atoms with Crippen molar-refractivity contribution in [2.75, 3.05) is 13.5 Å². The number of ether oxygens (including phenoxy) is 1. The zero-order valence-corrected chi connectivity index (χ0v) is 8.11. The van der Waals surface area contributed by atoms with E-state index in [1.807, 2.05) is 6.07 Å². The minimum atomic E-state index is -3.56. The van der Waals surface area contributed by atoms with Gasteiger partial charge < -0.3 is 14.2 Å². The van der Waals surface area contributed by atoms with Crippen LogP contribution < -0.4 is 4.74 Å². The van der Waals surface area contributed by atoms with Gasteiger partial charge in [-0.05, 0) is 12.1 Å². The molecule has 1 atom stereocenters. The second-order valence-electron chi connectivity index (χ2n) is 2.41. The average Bonchev–Trinajstić information content (AvgIpc) is 2.17. The van der Waals surface area contributed by atoms with E-state index in [1.165, 1.54) is 7.11 Å². The normalized spacial score (nSPS) is 14.9. The average molecular weight is 202 g/mol. The molecule has 0 aliphatic rings. The van der Waals surface area contributed by atoms with E-state index in [0.29, 0.717) is 5.75 Å². The minimum absolute atomic E-state index is 0.326. The third-order valence-electron chi connectivity index (χ3n) is 1.42. The Bertz CT molecular complexity index is 298. The highest BCUT2D eigenvalue weighted by molar-refractivity contribution is 7.52. The van der Waals surface area contributed by atoms with E-state index in [2.05, 4.69) is 4.52 Å². The quantitative estimate of drug-likeness (QED) is 0.757. The number of para-hydroxylation sites is 1. The highest BCUT2D eigenvalue weighted by Crippen LogP contribution is 2.40. The summed E-state index contributed by atoms with van der Waals surface area (Å²) in [7, 11) is -2.39. The summed E-state index contributed by atoms with van der Waals surface area (Å²) in [6.07, 6.45) is -0.326. The fourth-order valence-electron chi connectivity index (χ4n) is 0.726. The van der Waals surface area contributed by atoms with Crippen LogP contribution in [0, 0.1) is 0 Å². The van der Waals surface area contributed by atoms with Crippen LogP contribution in [0.2, 0.25) is 0 Å². The Morgan fingerprint density at radius 2 is 2.00 bits per heavy atom. The fourth-order valence-corrected chi connectivity index (χ4v) is 1.14. The molecule has 1 N–H and O–H groups in total. The molecule has 5 heteroatoms. The smallest absolute Gasteiger partial charge is 0.364 e. The number of rotatable bonds is 4. The first-order valence-electron chi connectivity index (χ1n) is 3.69. The summed E-state index contributed by atoms with van der Waals surface area (Å²) >= 11 is 0. The Morgan fingerprint density at radius 1 is 1.38 bits per heavy atom. The summed E-state index contributed by atoms with van der Waals surface area (Å²) in [4.78, 5) is 8.99. The topological polar surface area (TPSA) is 55.8 Å². The molecule has 0 aliphatic heterocycles. The molecule has 13 heavy (non-hydrogen) atoms. The SMILES string of the molecule is COP(=O)(O)COc1ccccc1. The van der Waals surface area contributed by atoms with Gasteiger partial charge in [0, 0.05) is 7.11 Å². The molecule has 0 amide bonds. The van der Waals surface area contributed by atoms with Crippen molar-refractivity contribution in [3.63, 3.8) is 0 Å². The zero-order valence-electron chi connectivity index (χ0n) is 7.21. The van der Waals surface area contributed by atoms with Crippen LogP contribution in [-0.4, -0.2) is 18.4 Å². The molecule has 0 radical (unpaired) electrons. The molecule has 1 rings (SSSR count). The van der Waals surface area contributed by atoms with E-state index < -0.39 is 7.60 Å². The molecule has 1 aromatic carbocycles. The van der Waals surface area contributed by atoms with Crippen LogP contribution in [0.1, 0.15) is 0 Å². The summed E-state index contributed by atoms with van der Waals surface area (Å²) in [5.41, 5.74) is 0. The second kappa shape index (κ2) is 4.42. The molecule has 1 unspecified atom stereocenters. The number of benzene rings is 1. The maximum atomic E-state index is 11.0. The van der Waals surface area contributed by atoms with Gasteiger partial charge in [-0.3, -0.25) is 4.57 Å². The molecule has 72 valence electrons. The van der Waals surface area contributed by atoms with Gasteiger partial charge in [0.2, 0.25) is 0 Å². The van der Waals surface area contributed by atoms with Crippen LogP contribution in [0.5, 0.6) is 5.75 Å². The molecule has 0 aliphatic carbocycles. The predicted octanol–water partition coefficient (Wildman–Crippen LogP) is 1.85. The number of hydrogen-bond donors (Lipinski definition) is 1. The van der Waals surface area contributed by atoms with Gasteiger partial charge >= 0.3 is 7.60 Å². The predicted molar refractivity (Wildman–Crippen MR) is 48.8 cm³/mol. The lowest BCUT2D eigenvalue weighted by molar-refractivity contribution is 0.269. The summed E-state index contributed by atoms with van der Waals surface area (Å²) in [5, 5.41) is 0. The molecular formula is C8H11O4P. The van der Waals surface area contributed by atoms with Crippen LogP contribution in [0.15, 0.2) is 30.3 Å². The van der Waals surface area contributed by atoms with Gasteiger partial charge in [0.15, 0.2) is 6.35 Å². The Hall–Kier alpha value is -0.830. The zero-order chi connectivity index (χ0) is 9.73. The van der Waals surface area contributed by atoms with Crippen molar-refractivity contribution >= 4 is 7.60 Å². The van der Waals surface area contributed by atoms with Crippen molar-refractivity contribution in [2.45, 2.75) is 0 Å². The van der Waals surface area contributed by atoms with Crippen molar-refractivity contribution in [3.8, 4) is 5.75 Å². The highest BCUT2D eigenvalue weighted by atomic mass is 31.2. The maximum Gasteiger partial charge on any atom is 0.364 e. The lowest BCUT2D eigenvalue weighted by atomic mass is 10.3. The molecule has 1 aromatic rings. The van der Waals surface area contributed by atoms with Gasteiger partial charge in [0.05, 0.1) is 0 Å². The Balaban J connectivity index is 2.49. The lowest BCUT2D eigenvalue weighted by Gasteiger charge is -2.09. The van der Waals surface area contributed by atoms with Crippen LogP contribution in [0.25, 0.3) is 0 Å². The first-order valence-corrected chi connectivity index (χ1v) is 5.46. The van der Waals surface area contributed by atoms with Gasteiger partial charge in [-0.15, -0.1) is 0 Å². The van der Waals surface area contributed by atoms with E-state index in [9.17, 15) is 4.57 Å². The maximum absolute atomic E-state index is 11.0. The van der Waals surface area contributed by atoms with Crippen molar-refractivity contribution in [2.24, 2.45) is 0 Å². The van der Waals surface area contributed by atoms with E-state index in [-0.39, 0.29) is 6.35 Å². The second-order valence-corrected chi connectivity index (χ2v) is 4.30. The minimum Gasteiger partial charge on any atom is -0.481 e. The highest BCUT2D eigenvalue weighted by Gasteiger charge is 2.17. The first-order chi connectivity index (χ1) is 6.14. The molecule has 0 saturated carbocycles. The summed E-state index contributed by atoms with van der Waals surface area (Å²) < 4.78 is 20.3. The standard InChI is InChI=1S/C8H11O4P/c1-11-13(9,10)7-12-8-5-3-2-4-6-8/h2-6H,7H2,1H3,(H,9,10). The molecule has 0 saturated heterocycles. The molecule has 4 nitrogen and oxygen atoms in total. The molecular weight excluding hydrogens is 191 g/mol. The molecule has 0 heterocycles. The van der Waals surface area contributed by atoms with Crippen LogP contribution in [-0.2, 0) is 9.09 Å².